The highest BCUT2D eigenvalue weighted by atomic mass is 35.5. The van der Waals surface area contributed by atoms with Crippen LogP contribution in [0.5, 0.6) is 11.5 Å². The van der Waals surface area contributed by atoms with E-state index in [0.717, 1.165) is 31.2 Å². The number of rotatable bonds is 13. The third-order valence-corrected chi connectivity index (χ3v) is 16.4. The molecule has 8 nitrogen and oxygen atoms in total. The molecule has 0 saturated heterocycles. The Morgan fingerprint density at radius 2 is 1.70 bits per heavy atom. The van der Waals surface area contributed by atoms with E-state index in [2.05, 4.69) is 44.5 Å². The molecule has 0 unspecified atom stereocenters. The lowest BCUT2D eigenvalue weighted by atomic mass is 9.75. The van der Waals surface area contributed by atoms with Gasteiger partial charge in [-0.25, -0.2) is 8.78 Å². The maximum absolute atomic E-state index is 16.9. The highest BCUT2D eigenvalue weighted by molar-refractivity contribution is 6.74. The van der Waals surface area contributed by atoms with Crippen LogP contribution >= 0.6 is 11.6 Å². The molecule has 0 aromatic heterocycles. The van der Waals surface area contributed by atoms with E-state index >= 15 is 8.78 Å². The molecule has 3 aromatic rings. The lowest BCUT2D eigenvalue weighted by Crippen LogP contribution is -2.41. The number of hydrogen-bond acceptors (Lipinski definition) is 7. The minimum Gasteiger partial charge on any atom is -0.562 e. The molecule has 1 amide bonds. The van der Waals surface area contributed by atoms with Gasteiger partial charge < -0.3 is 29.3 Å². The first-order valence-electron chi connectivity index (χ1n) is 18.5. The Morgan fingerprint density at radius 1 is 1.02 bits per heavy atom. The van der Waals surface area contributed by atoms with Crippen LogP contribution in [0.2, 0.25) is 23.2 Å². The van der Waals surface area contributed by atoms with Crippen molar-refractivity contribution in [2.24, 2.45) is 5.92 Å². The number of benzene rings is 3. The van der Waals surface area contributed by atoms with E-state index in [0.29, 0.717) is 18.5 Å². The monoisotopic (exact) mass is 770 g/mol. The maximum Gasteiger partial charge on any atom is 0.308 e. The first-order chi connectivity index (χ1) is 25.1. The second-order valence-electron chi connectivity index (χ2n) is 15.7. The van der Waals surface area contributed by atoms with Crippen LogP contribution in [-0.4, -0.2) is 60.2 Å². The third-order valence-electron chi connectivity index (χ3n) is 11.5. The number of hydrogen-bond donors (Lipinski definition) is 2. The van der Waals surface area contributed by atoms with Gasteiger partial charge in [0.05, 0.1) is 23.6 Å². The van der Waals surface area contributed by atoms with E-state index in [1.54, 1.807) is 0 Å². The molecule has 1 aliphatic heterocycles. The Hall–Kier alpha value is -3.51. The van der Waals surface area contributed by atoms with Crippen LogP contribution in [0.15, 0.2) is 48.5 Å². The fraction of sp³-hybridized carbons (Fsp3) is 0.512. The van der Waals surface area contributed by atoms with Crippen molar-refractivity contribution in [3.05, 3.63) is 81.9 Å². The number of esters is 1. The van der Waals surface area contributed by atoms with E-state index in [9.17, 15) is 9.59 Å². The minimum atomic E-state index is -2.07. The van der Waals surface area contributed by atoms with E-state index < -0.39 is 37.4 Å². The normalized spacial score (nSPS) is 21.5. The van der Waals surface area contributed by atoms with Crippen LogP contribution in [-0.2, 0) is 19.6 Å². The summed E-state index contributed by atoms with van der Waals surface area (Å²) in [5, 5.41) is 5.92. The van der Waals surface area contributed by atoms with Crippen LogP contribution in [0.1, 0.15) is 87.2 Å². The summed E-state index contributed by atoms with van der Waals surface area (Å²) in [6.45, 7) is 13.5. The zero-order chi connectivity index (χ0) is 38.7. The molecule has 5 rings (SSSR count). The second-order valence-corrected chi connectivity index (χ2v) is 20.8. The fourth-order valence-corrected chi connectivity index (χ4v) is 8.68. The van der Waals surface area contributed by atoms with Gasteiger partial charge in [-0.15, -0.1) is 18.1 Å². The van der Waals surface area contributed by atoms with Crippen molar-refractivity contribution in [3.8, 4) is 22.6 Å². The summed E-state index contributed by atoms with van der Waals surface area (Å²) in [6.07, 6.45) is 3.66. The molecule has 1 heterocycles. The zero-order valence-corrected chi connectivity index (χ0v) is 33.8. The summed E-state index contributed by atoms with van der Waals surface area (Å²) in [5.74, 6) is -2.77. The van der Waals surface area contributed by atoms with Gasteiger partial charge in [-0.2, -0.15) is 0 Å². The summed E-state index contributed by atoms with van der Waals surface area (Å²) in [4.78, 5) is 25.4. The molecule has 1 fully saturated rings. The summed E-state index contributed by atoms with van der Waals surface area (Å²) in [5.41, 5.74) is 0.269. The predicted molar refractivity (Wildman–Crippen MR) is 206 cm³/mol. The molecule has 3 aromatic carbocycles. The molecule has 1 saturated carbocycles. The second kappa shape index (κ2) is 16.5. The third kappa shape index (κ3) is 8.28. The van der Waals surface area contributed by atoms with Crippen LogP contribution in [0.4, 0.5) is 8.78 Å². The number of nitrogens with one attached hydrogen (secondary N) is 2. The fourth-order valence-electron chi connectivity index (χ4n) is 7.40. The van der Waals surface area contributed by atoms with Gasteiger partial charge in [0, 0.05) is 54.8 Å². The molecule has 12 heteroatoms. The molecule has 53 heavy (non-hydrogen) atoms. The number of carbonyl (C=O) groups excluding carboxylic acids is 2. The number of ether oxygens (including phenoxy) is 3. The topological polar surface area (TPSA) is 95.1 Å². The largest absolute Gasteiger partial charge is 0.562 e. The highest BCUT2D eigenvalue weighted by Crippen LogP contribution is 2.57. The predicted octanol–water partition coefficient (Wildman–Crippen LogP) is 9.15. The summed E-state index contributed by atoms with van der Waals surface area (Å²) in [7, 11) is 0.799. The van der Waals surface area contributed by atoms with Gasteiger partial charge in [-0.1, -0.05) is 69.6 Å². The van der Waals surface area contributed by atoms with Gasteiger partial charge in [0.25, 0.3) is 5.91 Å². The number of amides is 1. The van der Waals surface area contributed by atoms with Gasteiger partial charge in [-0.05, 0) is 58.2 Å². The van der Waals surface area contributed by atoms with Gasteiger partial charge >= 0.3 is 5.97 Å². The minimum absolute atomic E-state index is 0.00978. The molecular weight excluding hydrogens is 718 g/mol. The standard InChI is InChI=1S/C41H53ClF2N2O6Si/c1-25-33-32(52-41(25,27-12-10-9-11-13-27)20-21-46-28-16-14-26(15-17-28)39(48)49-6)24-30(43)36(42)35(33)34-29(38(47)45-5)18-19-31(37(34)44)50-22-23-51-53(7,8)40(2,3)4/h9-13,18-19,24-26,28,46H,14-17,20-23H2,1-8H3,(H,45,47)/q-1/t25-,26?,28?,41-/m0/s1. The van der Waals surface area contributed by atoms with E-state index in [4.69, 9.17) is 30.2 Å². The Morgan fingerprint density at radius 3 is 2.32 bits per heavy atom. The summed E-state index contributed by atoms with van der Waals surface area (Å²) >= 11 is 6.80. The Balaban J connectivity index is 1.50. The lowest BCUT2D eigenvalue weighted by molar-refractivity contribution is -0.146. The molecular formula is C41H53ClF2N2O6Si-. The number of halogens is 3. The van der Waals surface area contributed by atoms with Crippen LogP contribution in [0, 0.1) is 17.6 Å². The van der Waals surface area contributed by atoms with Gasteiger partial charge in [0.2, 0.25) is 0 Å². The van der Waals surface area contributed by atoms with Crippen LogP contribution in [0.25, 0.3) is 11.1 Å². The molecule has 0 bridgehead atoms. The van der Waals surface area contributed by atoms with Crippen molar-refractivity contribution in [2.45, 2.75) is 95.5 Å². The maximum atomic E-state index is 16.9. The van der Waals surface area contributed by atoms with Gasteiger partial charge in [0.15, 0.2) is 11.6 Å². The lowest BCUT2D eigenvalue weighted by Gasteiger charge is -2.48. The van der Waals surface area contributed by atoms with Gasteiger partial charge in [0.1, 0.15) is 23.8 Å². The first-order valence-corrected chi connectivity index (χ1v) is 21.7. The van der Waals surface area contributed by atoms with Crippen molar-refractivity contribution < 1.29 is 37.0 Å². The Bertz CT molecular complexity index is 1800. The SMILES string of the molecule is CNC(=O)c1ccc(OCCO[Si-](C)(C)C(C)(C)C)c(F)c1-c1c(Cl)c(F)cc2c1[C@H](C)[C@@](CCNC1CCC(C(=O)OC)CC1)(c1ccccc1)O2. The molecule has 2 aliphatic rings. The average molecular weight is 771 g/mol. The molecule has 2 N–H and O–H groups in total. The number of methoxy groups -OCH3 is 1. The van der Waals surface area contributed by atoms with Crippen molar-refractivity contribution in [1.82, 2.24) is 10.6 Å². The van der Waals surface area contributed by atoms with Crippen molar-refractivity contribution >= 4 is 31.8 Å². The molecule has 1 aliphatic carbocycles. The number of fused-ring (bicyclic) bond motifs is 1. The van der Waals surface area contributed by atoms with E-state index in [1.807, 2.05) is 37.3 Å². The molecule has 2 atom stereocenters. The van der Waals surface area contributed by atoms with Crippen molar-refractivity contribution in [2.75, 3.05) is 33.9 Å². The molecule has 289 valence electrons. The van der Waals surface area contributed by atoms with E-state index in [-0.39, 0.29) is 69.4 Å². The number of carbonyl (C=O) groups is 2. The summed E-state index contributed by atoms with van der Waals surface area (Å²) in [6, 6.07) is 14.0. The molecule has 0 spiro atoms. The van der Waals surface area contributed by atoms with Crippen molar-refractivity contribution in [1.29, 1.82) is 0 Å². The average Bonchev–Trinajstić information content (AvgIpc) is 3.41. The molecule has 0 radical (unpaired) electrons. The van der Waals surface area contributed by atoms with Crippen LogP contribution in [0.3, 0.4) is 0 Å². The highest BCUT2D eigenvalue weighted by Gasteiger charge is 2.50. The smallest absolute Gasteiger partial charge is 0.308 e. The quantitative estimate of drug-likeness (QED) is 0.102. The van der Waals surface area contributed by atoms with E-state index in [1.165, 1.54) is 32.4 Å². The Kier molecular flexibility index (Phi) is 12.6. The zero-order valence-electron chi connectivity index (χ0n) is 32.1. The summed E-state index contributed by atoms with van der Waals surface area (Å²) < 4.78 is 56.7. The first kappa shape index (κ1) is 40.7. The van der Waals surface area contributed by atoms with Crippen LogP contribution < -0.4 is 20.1 Å². The van der Waals surface area contributed by atoms with Crippen molar-refractivity contribution in [3.63, 3.8) is 0 Å². The Labute approximate surface area is 318 Å². The van der Waals surface area contributed by atoms with Gasteiger partial charge in [-0.3, -0.25) is 9.59 Å².